The molecule has 3 aromatic heterocycles. The van der Waals surface area contributed by atoms with Gasteiger partial charge in [0.25, 0.3) is 0 Å². The molecule has 3 unspecified atom stereocenters. The Bertz CT molecular complexity index is 1370. The van der Waals surface area contributed by atoms with Crippen molar-refractivity contribution in [3.63, 3.8) is 0 Å². The molecule has 1 aliphatic rings. The van der Waals surface area contributed by atoms with Crippen LogP contribution in [0.25, 0.3) is 17.1 Å². The molecule has 0 amide bonds. The van der Waals surface area contributed by atoms with Crippen molar-refractivity contribution in [1.29, 1.82) is 0 Å². The molecule has 5 rings (SSSR count). The second-order valence-electron chi connectivity index (χ2n) is 8.65. The Morgan fingerprint density at radius 1 is 1.14 bits per heavy atom. The minimum atomic E-state index is -1.06. The lowest BCUT2D eigenvalue weighted by molar-refractivity contribution is 0.0725. The number of hydrogen-bond donors (Lipinski definition) is 1. The molecule has 4 heterocycles. The number of hydrogen-bond acceptors (Lipinski definition) is 7. The molecule has 35 heavy (non-hydrogen) atoms. The third-order valence-corrected chi connectivity index (χ3v) is 6.12. The van der Waals surface area contributed by atoms with Crippen LogP contribution in [0.2, 0.25) is 0 Å². The van der Waals surface area contributed by atoms with Crippen molar-refractivity contribution in [2.45, 2.75) is 31.5 Å². The smallest absolute Gasteiger partial charge is 0.200 e. The Morgan fingerprint density at radius 2 is 1.97 bits per heavy atom. The fourth-order valence-electron chi connectivity index (χ4n) is 4.22. The number of benzene rings is 1. The summed E-state index contributed by atoms with van der Waals surface area (Å²) >= 11 is 0. The summed E-state index contributed by atoms with van der Waals surface area (Å²) in [5.74, 6) is 0.841. The van der Waals surface area contributed by atoms with E-state index < -0.39 is 12.3 Å². The van der Waals surface area contributed by atoms with E-state index in [1.807, 2.05) is 44.4 Å². The normalized spacial score (nSPS) is 18.8. The van der Waals surface area contributed by atoms with Crippen molar-refractivity contribution in [3.8, 4) is 22.8 Å². The number of rotatable bonds is 6. The van der Waals surface area contributed by atoms with Gasteiger partial charge in [0.1, 0.15) is 18.0 Å². The van der Waals surface area contributed by atoms with Gasteiger partial charge in [0.2, 0.25) is 0 Å². The number of nitrogens with zero attached hydrogens (tertiary/aromatic N) is 6. The standard InChI is InChI=1S/C25H26FN7O2/c1-16(23-9-20(34)11-31-33(23)19-10-30-32(2)15-19)17-4-3-5-18(8-17)25-28-12-21(13-29-25)35-24-6-7-27-14-22(24)26/h3-5,8-13,15-16,22,24,27H,6-7,14H2,1-2H3. The maximum absolute atomic E-state index is 14.0. The van der Waals surface area contributed by atoms with Crippen LogP contribution in [0, 0.1) is 0 Å². The summed E-state index contributed by atoms with van der Waals surface area (Å²) in [4.78, 5) is 21.0. The van der Waals surface area contributed by atoms with Gasteiger partial charge in [-0.3, -0.25) is 9.48 Å². The Balaban J connectivity index is 1.40. The zero-order valence-electron chi connectivity index (χ0n) is 19.5. The van der Waals surface area contributed by atoms with E-state index in [2.05, 4.69) is 25.5 Å². The van der Waals surface area contributed by atoms with Gasteiger partial charge in [0.15, 0.2) is 17.0 Å². The summed E-state index contributed by atoms with van der Waals surface area (Å²) in [6, 6.07) is 9.44. The van der Waals surface area contributed by atoms with E-state index in [1.165, 1.54) is 6.20 Å². The van der Waals surface area contributed by atoms with Crippen molar-refractivity contribution >= 4 is 0 Å². The number of aromatic nitrogens is 6. The molecule has 4 aromatic rings. The highest BCUT2D eigenvalue weighted by molar-refractivity contribution is 5.57. The first kappa shape index (κ1) is 22.9. The van der Waals surface area contributed by atoms with Gasteiger partial charge in [-0.1, -0.05) is 25.1 Å². The van der Waals surface area contributed by atoms with Gasteiger partial charge < -0.3 is 10.1 Å². The monoisotopic (exact) mass is 475 g/mol. The van der Waals surface area contributed by atoms with Gasteiger partial charge in [0, 0.05) is 31.1 Å². The number of halogens is 1. The van der Waals surface area contributed by atoms with E-state index in [0.717, 1.165) is 29.1 Å². The fourth-order valence-corrected chi connectivity index (χ4v) is 4.22. The van der Waals surface area contributed by atoms with Gasteiger partial charge in [-0.2, -0.15) is 10.2 Å². The Kier molecular flexibility index (Phi) is 6.37. The summed E-state index contributed by atoms with van der Waals surface area (Å²) < 4.78 is 23.2. The Morgan fingerprint density at radius 3 is 2.71 bits per heavy atom. The molecule has 180 valence electrons. The molecule has 0 bridgehead atoms. The van der Waals surface area contributed by atoms with Crippen molar-refractivity contribution in [3.05, 3.63) is 82.8 Å². The lowest BCUT2D eigenvalue weighted by atomic mass is 9.95. The summed E-state index contributed by atoms with van der Waals surface area (Å²) in [5, 5.41) is 11.6. The van der Waals surface area contributed by atoms with Crippen LogP contribution in [0.5, 0.6) is 5.75 Å². The molecular weight excluding hydrogens is 449 g/mol. The summed E-state index contributed by atoms with van der Waals surface area (Å²) in [6.07, 6.45) is 7.05. The largest absolute Gasteiger partial charge is 0.484 e. The van der Waals surface area contributed by atoms with Crippen molar-refractivity contribution in [2.75, 3.05) is 13.1 Å². The number of ether oxygens (including phenoxy) is 1. The van der Waals surface area contributed by atoms with E-state index in [1.54, 1.807) is 34.0 Å². The summed E-state index contributed by atoms with van der Waals surface area (Å²) in [6.45, 7) is 3.04. The predicted molar refractivity (Wildman–Crippen MR) is 128 cm³/mol. The molecule has 0 spiro atoms. The topological polar surface area (TPSA) is 99.8 Å². The van der Waals surface area contributed by atoms with Crippen LogP contribution in [0.1, 0.15) is 30.5 Å². The first-order valence-electron chi connectivity index (χ1n) is 11.5. The summed E-state index contributed by atoms with van der Waals surface area (Å²) in [7, 11) is 1.83. The Labute approximate surface area is 201 Å². The molecule has 1 aliphatic heterocycles. The number of alkyl halides is 1. The molecule has 1 fully saturated rings. The fraction of sp³-hybridized carbons (Fsp3) is 0.320. The first-order chi connectivity index (χ1) is 17.0. The quantitative estimate of drug-likeness (QED) is 0.458. The average molecular weight is 476 g/mol. The Hall–Kier alpha value is -3.92. The molecule has 0 saturated carbocycles. The van der Waals surface area contributed by atoms with E-state index in [0.29, 0.717) is 24.5 Å². The average Bonchev–Trinajstić information content (AvgIpc) is 3.31. The van der Waals surface area contributed by atoms with Gasteiger partial charge in [-0.05, 0) is 24.6 Å². The van der Waals surface area contributed by atoms with Gasteiger partial charge in [-0.25, -0.2) is 19.0 Å². The molecule has 9 nitrogen and oxygen atoms in total. The minimum Gasteiger partial charge on any atom is -0.484 e. The van der Waals surface area contributed by atoms with Crippen molar-refractivity contribution in [1.82, 2.24) is 34.8 Å². The highest BCUT2D eigenvalue weighted by atomic mass is 19.1. The first-order valence-corrected chi connectivity index (χ1v) is 11.5. The predicted octanol–water partition coefficient (Wildman–Crippen LogP) is 2.65. The van der Waals surface area contributed by atoms with Crippen LogP contribution < -0.4 is 15.5 Å². The number of piperidine rings is 1. The van der Waals surface area contributed by atoms with Crippen LogP contribution in [0.15, 0.2) is 66.1 Å². The maximum Gasteiger partial charge on any atom is 0.200 e. The highest BCUT2D eigenvalue weighted by Gasteiger charge is 2.26. The highest BCUT2D eigenvalue weighted by Crippen LogP contribution is 2.28. The molecule has 3 atom stereocenters. The number of nitrogens with one attached hydrogen (secondary N) is 1. The lowest BCUT2D eigenvalue weighted by Gasteiger charge is -2.27. The minimum absolute atomic E-state index is 0.138. The molecule has 1 aromatic carbocycles. The lowest BCUT2D eigenvalue weighted by Crippen LogP contribution is -2.44. The van der Waals surface area contributed by atoms with Crippen LogP contribution in [0.4, 0.5) is 4.39 Å². The second-order valence-corrected chi connectivity index (χ2v) is 8.65. The van der Waals surface area contributed by atoms with Gasteiger partial charge in [-0.15, -0.1) is 0 Å². The van der Waals surface area contributed by atoms with E-state index in [-0.39, 0.29) is 11.3 Å². The maximum atomic E-state index is 14.0. The van der Waals surface area contributed by atoms with Crippen molar-refractivity contribution < 1.29 is 9.13 Å². The molecule has 0 radical (unpaired) electrons. The third kappa shape index (κ3) is 4.97. The molecule has 1 N–H and O–H groups in total. The zero-order valence-corrected chi connectivity index (χ0v) is 19.5. The van der Waals surface area contributed by atoms with E-state index in [4.69, 9.17) is 4.74 Å². The zero-order chi connectivity index (χ0) is 24.4. The van der Waals surface area contributed by atoms with Crippen LogP contribution in [0.3, 0.4) is 0 Å². The molecule has 0 aliphatic carbocycles. The van der Waals surface area contributed by atoms with Crippen molar-refractivity contribution in [2.24, 2.45) is 7.05 Å². The third-order valence-electron chi connectivity index (χ3n) is 6.12. The van der Waals surface area contributed by atoms with Gasteiger partial charge in [0.05, 0.1) is 36.7 Å². The molecule has 10 heteroatoms. The van der Waals surface area contributed by atoms with Crippen LogP contribution in [-0.4, -0.2) is 54.9 Å². The second kappa shape index (κ2) is 9.75. The van der Waals surface area contributed by atoms with Gasteiger partial charge >= 0.3 is 0 Å². The van der Waals surface area contributed by atoms with Crippen LogP contribution in [-0.2, 0) is 7.05 Å². The van der Waals surface area contributed by atoms with E-state index in [9.17, 15) is 9.18 Å². The van der Waals surface area contributed by atoms with Crippen LogP contribution >= 0.6 is 0 Å². The number of aryl methyl sites for hydroxylation is 1. The molecule has 1 saturated heterocycles. The SMILES string of the molecule is CC(c1cccc(-c2ncc(OC3CCNCC3F)cn2)c1)c1cc(=O)cnn1-c1cnn(C)c1. The van der Waals surface area contributed by atoms with E-state index >= 15 is 0 Å². The molecular formula is C25H26FN7O2. The summed E-state index contributed by atoms with van der Waals surface area (Å²) in [5.41, 5.74) is 3.16.